The van der Waals surface area contributed by atoms with Crippen molar-refractivity contribution in [1.82, 2.24) is 0 Å². The van der Waals surface area contributed by atoms with Gasteiger partial charge in [0.2, 0.25) is 5.91 Å². The van der Waals surface area contributed by atoms with Gasteiger partial charge in [-0.2, -0.15) is 5.10 Å². The first-order valence-electron chi connectivity index (χ1n) is 9.37. The summed E-state index contributed by atoms with van der Waals surface area (Å²) in [7, 11) is 0. The van der Waals surface area contributed by atoms with Crippen molar-refractivity contribution >= 4 is 60.8 Å². The second kappa shape index (κ2) is 7.49. The van der Waals surface area contributed by atoms with Gasteiger partial charge in [0.15, 0.2) is 0 Å². The smallest absolute Gasteiger partial charge is 0.259 e. The van der Waals surface area contributed by atoms with Crippen molar-refractivity contribution in [3.8, 4) is 0 Å². The summed E-state index contributed by atoms with van der Waals surface area (Å²) in [4.78, 5) is 28.2. The van der Waals surface area contributed by atoms with Crippen molar-refractivity contribution in [2.75, 3.05) is 9.91 Å². The Balaban J connectivity index is 1.63. The van der Waals surface area contributed by atoms with Crippen LogP contribution >= 0.6 is 31.9 Å². The molecule has 3 aromatic rings. The summed E-state index contributed by atoms with van der Waals surface area (Å²) in [5, 5.41) is 6.43. The van der Waals surface area contributed by atoms with Crippen LogP contribution in [0.2, 0.25) is 0 Å². The van der Waals surface area contributed by atoms with Gasteiger partial charge < -0.3 is 0 Å². The lowest BCUT2D eigenvalue weighted by atomic mass is 9.93. The Kier molecular flexibility index (Phi) is 4.79. The average molecular weight is 525 g/mol. The monoisotopic (exact) mass is 523 g/mol. The highest BCUT2D eigenvalue weighted by molar-refractivity contribution is 9.10. The molecule has 2 aliphatic rings. The fourth-order valence-electron chi connectivity index (χ4n) is 3.91. The van der Waals surface area contributed by atoms with Crippen LogP contribution in [0.1, 0.15) is 5.56 Å². The SMILES string of the molecule is O=C1C2C(c3ccc(Br)cc3)=NN(c3ccccc3)C2C(=O)N1c1ccc(Br)cc1. The van der Waals surface area contributed by atoms with E-state index in [9.17, 15) is 9.59 Å². The lowest BCUT2D eigenvalue weighted by Gasteiger charge is -2.22. The van der Waals surface area contributed by atoms with E-state index in [4.69, 9.17) is 5.10 Å². The maximum absolute atomic E-state index is 13.5. The predicted octanol–water partition coefficient (Wildman–Crippen LogP) is 4.99. The molecule has 0 aliphatic carbocycles. The molecule has 148 valence electrons. The normalized spacial score (nSPS) is 20.5. The molecule has 7 heteroatoms. The zero-order chi connectivity index (χ0) is 20.8. The maximum atomic E-state index is 13.5. The molecule has 0 saturated carbocycles. The fourth-order valence-corrected chi connectivity index (χ4v) is 4.44. The van der Waals surface area contributed by atoms with Crippen LogP contribution < -0.4 is 9.91 Å². The Morgan fingerprint density at radius 1 is 0.700 bits per heavy atom. The van der Waals surface area contributed by atoms with Gasteiger partial charge in [-0.15, -0.1) is 0 Å². The average Bonchev–Trinajstić information content (AvgIpc) is 3.27. The Labute approximate surface area is 190 Å². The third-order valence-corrected chi connectivity index (χ3v) is 6.35. The molecule has 0 N–H and O–H groups in total. The summed E-state index contributed by atoms with van der Waals surface area (Å²) in [5.41, 5.74) is 2.77. The van der Waals surface area contributed by atoms with E-state index in [-0.39, 0.29) is 11.8 Å². The molecule has 30 heavy (non-hydrogen) atoms. The summed E-state index contributed by atoms with van der Waals surface area (Å²) in [5.74, 6) is -1.19. The number of imide groups is 1. The number of hydrogen-bond donors (Lipinski definition) is 0. The number of carbonyl (C=O) groups is 2. The first-order chi connectivity index (χ1) is 14.5. The number of anilines is 2. The molecule has 2 unspecified atom stereocenters. The van der Waals surface area contributed by atoms with Crippen LogP contribution in [0.5, 0.6) is 0 Å². The lowest BCUT2D eigenvalue weighted by molar-refractivity contribution is -0.121. The molecule has 0 spiro atoms. The number of para-hydroxylation sites is 1. The van der Waals surface area contributed by atoms with Crippen molar-refractivity contribution in [2.45, 2.75) is 6.04 Å². The third kappa shape index (κ3) is 3.09. The Bertz CT molecular complexity index is 1160. The molecule has 0 bridgehead atoms. The van der Waals surface area contributed by atoms with Crippen molar-refractivity contribution < 1.29 is 9.59 Å². The lowest BCUT2D eigenvalue weighted by Crippen LogP contribution is -2.39. The Morgan fingerprint density at radius 2 is 1.30 bits per heavy atom. The molecule has 3 aromatic carbocycles. The number of fused-ring (bicyclic) bond motifs is 1. The van der Waals surface area contributed by atoms with Gasteiger partial charge in [0.05, 0.1) is 17.1 Å². The second-order valence-electron chi connectivity index (χ2n) is 7.08. The van der Waals surface area contributed by atoms with E-state index < -0.39 is 12.0 Å². The molecule has 0 radical (unpaired) electrons. The molecule has 1 saturated heterocycles. The molecule has 5 nitrogen and oxygen atoms in total. The first kappa shape index (κ1) is 19.2. The minimum atomic E-state index is -0.706. The molecule has 0 aromatic heterocycles. The molecule has 2 amide bonds. The molecule has 5 rings (SSSR count). The van der Waals surface area contributed by atoms with Gasteiger partial charge >= 0.3 is 0 Å². The quantitative estimate of drug-likeness (QED) is 0.453. The van der Waals surface area contributed by atoms with Crippen LogP contribution in [0.4, 0.5) is 11.4 Å². The number of halogens is 2. The van der Waals surface area contributed by atoms with Crippen LogP contribution in [-0.2, 0) is 9.59 Å². The van der Waals surface area contributed by atoms with Gasteiger partial charge in [-0.05, 0) is 54.1 Å². The van der Waals surface area contributed by atoms with Crippen LogP contribution in [0.3, 0.4) is 0 Å². The second-order valence-corrected chi connectivity index (χ2v) is 8.91. The fraction of sp³-hybridized carbons (Fsp3) is 0.0870. The maximum Gasteiger partial charge on any atom is 0.259 e. The van der Waals surface area contributed by atoms with Crippen molar-refractivity contribution in [2.24, 2.45) is 11.0 Å². The number of hydrogen-bond acceptors (Lipinski definition) is 4. The number of hydrazone groups is 1. The van der Waals surface area contributed by atoms with Crippen molar-refractivity contribution in [3.63, 3.8) is 0 Å². The minimum absolute atomic E-state index is 0.257. The standard InChI is InChI=1S/C23H15Br2N3O2/c24-15-8-6-14(7-9-15)20-19-21(28(26-20)18-4-2-1-3-5-18)23(30)27(22(19)29)17-12-10-16(25)11-13-17/h1-13,19,21H. The van der Waals surface area contributed by atoms with E-state index in [0.717, 1.165) is 20.2 Å². The van der Waals surface area contributed by atoms with Crippen LogP contribution in [0.25, 0.3) is 0 Å². The summed E-state index contributed by atoms with van der Waals surface area (Å²) in [6.45, 7) is 0. The van der Waals surface area contributed by atoms with E-state index in [1.54, 1.807) is 17.1 Å². The van der Waals surface area contributed by atoms with Gasteiger partial charge in [-0.25, -0.2) is 4.90 Å². The van der Waals surface area contributed by atoms with E-state index >= 15 is 0 Å². The highest BCUT2D eigenvalue weighted by atomic mass is 79.9. The van der Waals surface area contributed by atoms with Gasteiger partial charge in [-0.3, -0.25) is 14.6 Å². The minimum Gasteiger partial charge on any atom is -0.273 e. The number of amides is 2. The van der Waals surface area contributed by atoms with Crippen molar-refractivity contribution in [3.05, 3.63) is 93.4 Å². The van der Waals surface area contributed by atoms with Gasteiger partial charge in [0.1, 0.15) is 12.0 Å². The third-order valence-electron chi connectivity index (χ3n) is 5.29. The van der Waals surface area contributed by atoms with E-state index in [0.29, 0.717) is 11.4 Å². The van der Waals surface area contributed by atoms with Crippen molar-refractivity contribution in [1.29, 1.82) is 0 Å². The van der Waals surface area contributed by atoms with Crippen LogP contribution in [-0.4, -0.2) is 23.6 Å². The highest BCUT2D eigenvalue weighted by Gasteiger charge is 2.57. The summed E-state index contributed by atoms with van der Waals surface area (Å²) >= 11 is 6.84. The zero-order valence-electron chi connectivity index (χ0n) is 15.6. The Morgan fingerprint density at radius 3 is 1.93 bits per heavy atom. The number of nitrogens with zero attached hydrogens (tertiary/aromatic N) is 3. The zero-order valence-corrected chi connectivity index (χ0v) is 18.7. The summed E-state index contributed by atoms with van der Waals surface area (Å²) in [6, 6.07) is 23.6. The molecular weight excluding hydrogens is 510 g/mol. The number of rotatable bonds is 3. The van der Waals surface area contributed by atoms with E-state index in [1.165, 1.54) is 4.90 Å². The largest absolute Gasteiger partial charge is 0.273 e. The summed E-state index contributed by atoms with van der Waals surface area (Å²) in [6.07, 6.45) is 0. The number of benzene rings is 3. The first-order valence-corrected chi connectivity index (χ1v) is 11.0. The molecule has 1 fully saturated rings. The summed E-state index contributed by atoms with van der Waals surface area (Å²) < 4.78 is 1.82. The van der Waals surface area contributed by atoms with Crippen LogP contribution in [0.15, 0.2) is 92.9 Å². The topological polar surface area (TPSA) is 53.0 Å². The van der Waals surface area contributed by atoms with Gasteiger partial charge in [0.25, 0.3) is 5.91 Å². The Hall–Kier alpha value is -2.77. The van der Waals surface area contributed by atoms with E-state index in [1.807, 2.05) is 66.7 Å². The molecule has 2 heterocycles. The molecular formula is C23H15Br2N3O2. The van der Waals surface area contributed by atoms with Gasteiger partial charge in [0, 0.05) is 8.95 Å². The predicted molar refractivity (Wildman–Crippen MR) is 124 cm³/mol. The van der Waals surface area contributed by atoms with Gasteiger partial charge in [-0.1, -0.05) is 62.2 Å². The molecule has 2 aliphatic heterocycles. The number of carbonyl (C=O) groups excluding carboxylic acids is 2. The molecule has 2 atom stereocenters. The van der Waals surface area contributed by atoms with E-state index in [2.05, 4.69) is 31.9 Å². The van der Waals surface area contributed by atoms with Crippen LogP contribution in [0, 0.1) is 5.92 Å². The highest BCUT2D eigenvalue weighted by Crippen LogP contribution is 2.39.